The average Bonchev–Trinajstić information content (AvgIpc) is 3.28. The highest BCUT2D eigenvalue weighted by atomic mass is 16.6. The molecule has 0 radical (unpaired) electrons. The van der Waals surface area contributed by atoms with E-state index < -0.39 is 78.1 Å². The number of rotatable bonds is 6. The molecule has 16 atom stereocenters. The Morgan fingerprint density at radius 2 is 1.57 bits per heavy atom. The van der Waals surface area contributed by atoms with Gasteiger partial charge < -0.3 is 49.0 Å². The zero-order valence-corrected chi connectivity index (χ0v) is 40.7. The Morgan fingerprint density at radius 3 is 2.25 bits per heavy atom. The van der Waals surface area contributed by atoms with E-state index in [9.17, 15) is 39.6 Å². The molecule has 0 aromatic rings. The van der Waals surface area contributed by atoms with Crippen molar-refractivity contribution in [3.63, 3.8) is 0 Å². The summed E-state index contributed by atoms with van der Waals surface area (Å²) in [7, 11) is 4.55. The van der Waals surface area contributed by atoms with E-state index in [1.54, 1.807) is 41.1 Å². The molecule has 4 rings (SSSR count). The summed E-state index contributed by atoms with van der Waals surface area (Å²) in [4.78, 5) is 57.8. The van der Waals surface area contributed by atoms with Crippen molar-refractivity contribution >= 4 is 23.4 Å². The lowest BCUT2D eigenvalue weighted by Gasteiger charge is -2.46. The minimum atomic E-state index is -2.23. The highest BCUT2D eigenvalue weighted by Gasteiger charge is 2.53. The maximum atomic E-state index is 14.4. The highest BCUT2D eigenvalue weighted by molar-refractivity contribution is 5.89. The fourth-order valence-corrected chi connectivity index (χ4v) is 10.3. The number of cyclic esters (lactones) is 1. The second-order valence-corrected chi connectivity index (χ2v) is 19.8. The molecule has 3 heterocycles. The second-order valence-electron chi connectivity index (χ2n) is 19.8. The third kappa shape index (κ3) is 14.5. The lowest BCUT2D eigenvalue weighted by atomic mass is 9.78. The Morgan fingerprint density at radius 1 is 0.846 bits per heavy atom. The van der Waals surface area contributed by atoms with Crippen molar-refractivity contribution in [1.82, 2.24) is 4.90 Å². The van der Waals surface area contributed by atoms with Crippen molar-refractivity contribution in [3.05, 3.63) is 47.6 Å². The van der Waals surface area contributed by atoms with E-state index in [0.29, 0.717) is 63.4 Å². The van der Waals surface area contributed by atoms with E-state index in [1.807, 2.05) is 58.1 Å². The topological polar surface area (TPSA) is 199 Å². The summed E-state index contributed by atoms with van der Waals surface area (Å²) >= 11 is 0. The predicted molar refractivity (Wildman–Crippen MR) is 246 cm³/mol. The molecule has 1 saturated carbocycles. The van der Waals surface area contributed by atoms with Gasteiger partial charge in [-0.25, -0.2) is 4.79 Å². The van der Waals surface area contributed by atoms with Crippen LogP contribution in [0.2, 0.25) is 0 Å². The van der Waals surface area contributed by atoms with E-state index in [1.165, 1.54) is 12.0 Å². The van der Waals surface area contributed by atoms with Crippen molar-refractivity contribution in [3.8, 4) is 0 Å². The fourth-order valence-electron chi connectivity index (χ4n) is 10.3. The molecule has 1 amide bonds. The van der Waals surface area contributed by atoms with Crippen LogP contribution in [0.3, 0.4) is 0 Å². The molecule has 1 aliphatic carbocycles. The number of amides is 1. The number of carbonyl (C=O) groups is 4. The van der Waals surface area contributed by atoms with Gasteiger partial charge in [-0.3, -0.25) is 14.4 Å². The van der Waals surface area contributed by atoms with E-state index in [2.05, 4.69) is 0 Å². The minimum Gasteiger partial charge on any atom is -0.460 e. The molecule has 4 N–H and O–H groups in total. The van der Waals surface area contributed by atoms with E-state index >= 15 is 0 Å². The van der Waals surface area contributed by atoms with E-state index in [-0.39, 0.29) is 60.9 Å². The van der Waals surface area contributed by atoms with E-state index in [0.717, 1.165) is 12.0 Å². The number of allylic oxidation sites excluding steroid dienone is 6. The zero-order chi connectivity index (χ0) is 48.2. The summed E-state index contributed by atoms with van der Waals surface area (Å²) in [6.07, 6.45) is 9.72. The number of ketones is 2. The number of fused-ring (bicyclic) bond motifs is 3. The van der Waals surface area contributed by atoms with Crippen LogP contribution in [0.4, 0.5) is 0 Å². The highest BCUT2D eigenvalue weighted by Crippen LogP contribution is 2.39. The van der Waals surface area contributed by atoms with E-state index in [4.69, 9.17) is 23.7 Å². The number of hydrogen-bond donors (Lipinski definition) is 4. The number of hydrogen-bond acceptors (Lipinski definition) is 13. The number of carbonyl (C=O) groups excluding carboxylic acids is 4. The lowest BCUT2D eigenvalue weighted by molar-refractivity contribution is -0.317. The summed E-state index contributed by atoms with van der Waals surface area (Å²) in [6, 6.07) is -1.08. The maximum Gasteiger partial charge on any atom is 0.329 e. The number of esters is 1. The first-order chi connectivity index (χ1) is 30.7. The van der Waals surface area contributed by atoms with Gasteiger partial charge >= 0.3 is 5.97 Å². The molecule has 3 fully saturated rings. The number of aliphatic hydroxyl groups is 4. The summed E-state index contributed by atoms with van der Waals surface area (Å²) in [6.45, 7) is 12.9. The Labute approximate surface area is 387 Å². The van der Waals surface area contributed by atoms with Crippen LogP contribution in [0.15, 0.2) is 47.6 Å². The van der Waals surface area contributed by atoms with Gasteiger partial charge in [-0.15, -0.1) is 0 Å². The first-order valence-electron chi connectivity index (χ1n) is 24.1. The fraction of sp³-hybridized carbons (Fsp3) is 0.765. The molecule has 0 aromatic heterocycles. The first-order valence-corrected chi connectivity index (χ1v) is 24.1. The SMILES string of the molecule is CO[C@H]1C[C@@H]2CC[C@@H](C)[C@@](O)(O2)[C@@H](O)C(=O)N2CCCCC2C(=O)OC([C@H](C)CC2CC[C@@H](O)[C@H](OC)C2)CC(=O)[C@H](C)/C=C(\C)C(O)[C@@H](OC)C(=O)C(C)CC(C)/C=C/C=CC=C1C. The molecule has 0 spiro atoms. The molecule has 65 heavy (non-hydrogen) atoms. The molecular weight excluding hydrogens is 835 g/mol. The molecule has 3 aliphatic heterocycles. The van der Waals surface area contributed by atoms with Gasteiger partial charge in [-0.05, 0) is 107 Å². The van der Waals surface area contributed by atoms with Crippen molar-refractivity contribution in [1.29, 1.82) is 0 Å². The van der Waals surface area contributed by atoms with Crippen molar-refractivity contribution in [2.45, 2.75) is 186 Å². The standard InChI is InChI=1S/C51H81NO13/c1-30-16-12-11-13-17-31(2)42(61-8)28-38-21-19-36(7)51(60,65-38)48(57)49(58)52-23-15-14-18-39(52)50(59)64-43(33(4)26-37-20-22-40(53)44(27-37)62-9)29-41(54)32(3)25-35(6)46(56)47(63-10)45(55)34(5)24-30/h11-13,16-17,25,30,32-34,36-40,42-44,46-48,53,56-57,60H,14-15,18-24,26-29H2,1-10H3/b13-11?,16-12+,31-17?,35-25+/t30?,32-,33-,34?,36-,37?,38+,39?,40-,42+,43?,44-,46?,47+,48+,51-/m1/s1. The second kappa shape index (κ2) is 25.3. The molecule has 14 heteroatoms. The number of piperidine rings is 1. The van der Waals surface area contributed by atoms with Gasteiger partial charge in [0.1, 0.15) is 30.1 Å². The van der Waals surface area contributed by atoms with Gasteiger partial charge in [0.25, 0.3) is 5.91 Å². The van der Waals surface area contributed by atoms with Gasteiger partial charge in [0.15, 0.2) is 11.9 Å². The molecule has 2 bridgehead atoms. The molecule has 0 aromatic carbocycles. The number of methoxy groups -OCH3 is 3. The Kier molecular flexibility index (Phi) is 21.3. The van der Waals surface area contributed by atoms with Gasteiger partial charge in [-0.1, -0.05) is 71.1 Å². The molecule has 4 aliphatic rings. The zero-order valence-electron chi connectivity index (χ0n) is 40.7. The van der Waals surface area contributed by atoms with Crippen molar-refractivity contribution < 1.29 is 63.3 Å². The Hall–Kier alpha value is -3.08. The van der Waals surface area contributed by atoms with Gasteiger partial charge in [0.05, 0.1) is 24.4 Å². The largest absolute Gasteiger partial charge is 0.460 e. The molecule has 14 nitrogen and oxygen atoms in total. The van der Waals surface area contributed by atoms with Gasteiger partial charge in [0.2, 0.25) is 5.79 Å². The summed E-state index contributed by atoms with van der Waals surface area (Å²) < 4.78 is 29.5. The number of ether oxygens (including phenoxy) is 5. The summed E-state index contributed by atoms with van der Waals surface area (Å²) in [5, 5.41) is 45.7. The number of aliphatic hydroxyl groups excluding tert-OH is 3. The molecule has 2 saturated heterocycles. The molecular formula is C51H81NO13. The van der Waals surface area contributed by atoms with Crippen molar-refractivity contribution in [2.24, 2.45) is 35.5 Å². The van der Waals surface area contributed by atoms with Gasteiger partial charge in [0, 0.05) is 58.5 Å². The molecule has 6 unspecified atom stereocenters. The van der Waals surface area contributed by atoms with Crippen LogP contribution in [0.5, 0.6) is 0 Å². The van der Waals surface area contributed by atoms with Crippen LogP contribution in [0.25, 0.3) is 0 Å². The van der Waals surface area contributed by atoms with Crippen LogP contribution in [0, 0.1) is 35.5 Å². The van der Waals surface area contributed by atoms with Crippen molar-refractivity contribution in [2.75, 3.05) is 27.9 Å². The van der Waals surface area contributed by atoms with Crippen LogP contribution < -0.4 is 0 Å². The first kappa shape index (κ1) is 54.5. The number of Topliss-reactive ketones (excluding diaryl/α,β-unsaturated/α-hetero) is 2. The lowest BCUT2D eigenvalue weighted by Crippen LogP contribution is -2.63. The Bertz CT molecular complexity index is 1710. The maximum absolute atomic E-state index is 14.4. The molecule has 368 valence electrons. The monoisotopic (exact) mass is 916 g/mol. The van der Waals surface area contributed by atoms with Gasteiger partial charge in [-0.2, -0.15) is 0 Å². The smallest absolute Gasteiger partial charge is 0.329 e. The third-order valence-corrected chi connectivity index (χ3v) is 14.7. The third-order valence-electron chi connectivity index (χ3n) is 14.7. The summed E-state index contributed by atoms with van der Waals surface area (Å²) in [5.41, 5.74) is 1.30. The summed E-state index contributed by atoms with van der Waals surface area (Å²) in [5.74, 6) is -6.22. The average molecular weight is 916 g/mol. The Balaban J connectivity index is 1.70. The number of nitrogens with zero attached hydrogens (tertiary/aromatic N) is 1. The van der Waals surface area contributed by atoms with Crippen LogP contribution in [0.1, 0.15) is 126 Å². The minimum absolute atomic E-state index is 0.0264. The predicted octanol–water partition coefficient (Wildman–Crippen LogP) is 5.97. The normalized spacial score (nSPS) is 40.2. The van der Waals surface area contributed by atoms with Crippen LogP contribution in [-0.2, 0) is 42.9 Å². The quantitative estimate of drug-likeness (QED) is 0.180. The van der Waals surface area contributed by atoms with Crippen LogP contribution in [-0.4, -0.2) is 137 Å². The van der Waals surface area contributed by atoms with Crippen LogP contribution >= 0.6 is 0 Å².